The van der Waals surface area contributed by atoms with Crippen LogP contribution in [0.4, 0.5) is 0 Å². The zero-order chi connectivity index (χ0) is 15.5. The number of hydrogen-bond donors (Lipinski definition) is 2. The minimum atomic E-state index is -0.130. The zero-order valence-electron chi connectivity index (χ0n) is 13.3. The third-order valence-corrected chi connectivity index (χ3v) is 5.27. The van der Waals surface area contributed by atoms with E-state index in [2.05, 4.69) is 34.8 Å². The quantitative estimate of drug-likeness (QED) is 0.859. The van der Waals surface area contributed by atoms with E-state index in [4.69, 9.17) is 0 Å². The van der Waals surface area contributed by atoms with Crippen molar-refractivity contribution in [1.82, 2.24) is 25.6 Å². The van der Waals surface area contributed by atoms with E-state index in [1.165, 1.54) is 0 Å². The number of nitrogens with one attached hydrogen (secondary N) is 2. The molecule has 0 spiro atoms. The molecule has 21 heavy (non-hydrogen) atoms. The summed E-state index contributed by atoms with van der Waals surface area (Å²) in [4.78, 5) is 12.3. The molecule has 1 amide bonds. The molecule has 2 heterocycles. The van der Waals surface area contributed by atoms with Gasteiger partial charge >= 0.3 is 0 Å². The van der Waals surface area contributed by atoms with Crippen LogP contribution < -0.4 is 10.6 Å². The summed E-state index contributed by atoms with van der Waals surface area (Å²) >= 11 is 1.73. The molecule has 1 aromatic rings. The normalized spacial score (nSPS) is 17.0. The molecule has 2 N–H and O–H groups in total. The molecule has 0 bridgehead atoms. The first kappa shape index (κ1) is 16.3. The van der Waals surface area contributed by atoms with Gasteiger partial charge in [0, 0.05) is 11.3 Å². The molecule has 2 rings (SSSR count). The van der Waals surface area contributed by atoms with Gasteiger partial charge in [-0.25, -0.2) is 4.68 Å². The van der Waals surface area contributed by atoms with Gasteiger partial charge in [-0.3, -0.25) is 4.79 Å². The van der Waals surface area contributed by atoms with Crippen molar-refractivity contribution in [3.05, 3.63) is 11.4 Å². The van der Waals surface area contributed by atoms with Gasteiger partial charge in [0.05, 0.1) is 11.7 Å². The van der Waals surface area contributed by atoms with E-state index in [0.29, 0.717) is 18.3 Å². The first-order valence-electron chi connectivity index (χ1n) is 7.40. The van der Waals surface area contributed by atoms with Gasteiger partial charge in [-0.15, -0.1) is 5.10 Å². The Bertz CT molecular complexity index is 494. The number of piperidine rings is 1. The number of carbonyl (C=O) groups is 1. The molecule has 0 atom stereocenters. The minimum absolute atomic E-state index is 0.0224. The van der Waals surface area contributed by atoms with Crippen LogP contribution >= 0.6 is 11.8 Å². The van der Waals surface area contributed by atoms with E-state index in [1.807, 2.05) is 17.9 Å². The number of carbonyl (C=O) groups excluding carboxylic acids is 1. The molecule has 6 nitrogen and oxygen atoms in total. The van der Waals surface area contributed by atoms with Crippen LogP contribution in [0, 0.1) is 6.92 Å². The Labute approximate surface area is 130 Å². The molecular weight excluding hydrogens is 286 g/mol. The smallest absolute Gasteiger partial charge is 0.273 e. The van der Waals surface area contributed by atoms with Gasteiger partial charge in [0.15, 0.2) is 5.69 Å². The topological polar surface area (TPSA) is 71.8 Å². The Hall–Kier alpha value is -1.08. The third kappa shape index (κ3) is 3.97. The van der Waals surface area contributed by atoms with Gasteiger partial charge in [-0.05, 0) is 53.0 Å². The molecule has 0 unspecified atom stereocenters. The van der Waals surface area contributed by atoms with Crippen LogP contribution in [-0.2, 0) is 0 Å². The van der Waals surface area contributed by atoms with Gasteiger partial charge < -0.3 is 10.6 Å². The first-order valence-corrected chi connectivity index (χ1v) is 8.63. The summed E-state index contributed by atoms with van der Waals surface area (Å²) in [6, 6.07) is 0.350. The molecule has 0 radical (unpaired) electrons. The maximum atomic E-state index is 12.3. The molecule has 0 saturated carbocycles. The lowest BCUT2D eigenvalue weighted by atomic mass is 10.1. The predicted molar refractivity (Wildman–Crippen MR) is 85.8 cm³/mol. The number of nitrogens with zero attached hydrogens (tertiary/aromatic N) is 3. The molecule has 0 aromatic carbocycles. The van der Waals surface area contributed by atoms with E-state index >= 15 is 0 Å². The highest BCUT2D eigenvalue weighted by atomic mass is 32.2. The maximum absolute atomic E-state index is 12.3. The van der Waals surface area contributed by atoms with Crippen molar-refractivity contribution < 1.29 is 4.79 Å². The number of aromatic nitrogens is 3. The first-order chi connectivity index (χ1) is 9.94. The summed E-state index contributed by atoms with van der Waals surface area (Å²) < 4.78 is 1.93. The molecule has 0 aliphatic carbocycles. The van der Waals surface area contributed by atoms with Crippen LogP contribution in [-0.4, -0.2) is 51.5 Å². The van der Waals surface area contributed by atoms with Gasteiger partial charge in [-0.2, -0.15) is 11.8 Å². The Morgan fingerprint density at radius 1 is 1.48 bits per heavy atom. The Morgan fingerprint density at radius 3 is 2.76 bits per heavy atom. The lowest BCUT2D eigenvalue weighted by molar-refractivity contribution is 0.0945. The van der Waals surface area contributed by atoms with Crippen LogP contribution in [0.3, 0.4) is 0 Å². The monoisotopic (exact) mass is 311 g/mol. The third-order valence-electron chi connectivity index (χ3n) is 4.02. The van der Waals surface area contributed by atoms with Gasteiger partial charge in [0.1, 0.15) is 0 Å². The fourth-order valence-corrected chi connectivity index (χ4v) is 2.61. The second-order valence-electron chi connectivity index (χ2n) is 6.10. The highest BCUT2D eigenvalue weighted by Crippen LogP contribution is 2.21. The Morgan fingerprint density at radius 2 is 2.14 bits per heavy atom. The Kier molecular flexibility index (Phi) is 5.27. The van der Waals surface area contributed by atoms with E-state index in [-0.39, 0.29) is 10.7 Å². The number of amides is 1. The lowest BCUT2D eigenvalue weighted by Gasteiger charge is -2.23. The second-order valence-corrected chi connectivity index (χ2v) is 7.61. The summed E-state index contributed by atoms with van der Waals surface area (Å²) in [5.41, 5.74) is 1.31. The summed E-state index contributed by atoms with van der Waals surface area (Å²) in [5.74, 6) is -0.130. The summed E-state index contributed by atoms with van der Waals surface area (Å²) in [6.45, 7) is 8.75. The van der Waals surface area contributed by atoms with Crippen LogP contribution in [0.25, 0.3) is 0 Å². The highest BCUT2D eigenvalue weighted by Gasteiger charge is 2.24. The fraction of sp³-hybridized carbons (Fsp3) is 0.786. The molecule has 118 valence electrons. The highest BCUT2D eigenvalue weighted by molar-refractivity contribution is 7.99. The molecule has 7 heteroatoms. The number of thioether (sulfide) groups is 1. The summed E-state index contributed by atoms with van der Waals surface area (Å²) in [6.07, 6.45) is 4.11. The fourth-order valence-electron chi connectivity index (χ4n) is 2.40. The van der Waals surface area contributed by atoms with Gasteiger partial charge in [0.25, 0.3) is 5.91 Å². The average molecular weight is 311 g/mol. The summed E-state index contributed by atoms with van der Waals surface area (Å²) in [7, 11) is 0. The van der Waals surface area contributed by atoms with Crippen molar-refractivity contribution in [3.8, 4) is 0 Å². The van der Waals surface area contributed by atoms with E-state index in [0.717, 1.165) is 31.6 Å². The molecular formula is C14H25N5OS. The van der Waals surface area contributed by atoms with E-state index < -0.39 is 0 Å². The van der Waals surface area contributed by atoms with Crippen molar-refractivity contribution in [2.75, 3.05) is 25.9 Å². The van der Waals surface area contributed by atoms with Crippen LogP contribution in [0.1, 0.15) is 48.9 Å². The number of hydrogen-bond acceptors (Lipinski definition) is 5. The van der Waals surface area contributed by atoms with Crippen LogP contribution in [0.15, 0.2) is 0 Å². The summed E-state index contributed by atoms with van der Waals surface area (Å²) in [5, 5.41) is 14.6. The van der Waals surface area contributed by atoms with Gasteiger partial charge in [-0.1, -0.05) is 5.21 Å². The standard InChI is InChI=1S/C14H25N5OS/c1-10-12(13(20)16-9-14(2,3)21-4)17-18-19(10)11-5-7-15-8-6-11/h11,15H,5-9H2,1-4H3,(H,16,20). The molecule has 1 aromatic heterocycles. The molecule has 1 aliphatic rings. The van der Waals surface area contributed by atoms with Crippen molar-refractivity contribution >= 4 is 17.7 Å². The second kappa shape index (κ2) is 6.79. The molecule has 1 saturated heterocycles. The Balaban J connectivity index is 2.03. The van der Waals surface area contributed by atoms with E-state index in [9.17, 15) is 4.79 Å². The van der Waals surface area contributed by atoms with Crippen molar-refractivity contribution in [2.24, 2.45) is 0 Å². The maximum Gasteiger partial charge on any atom is 0.273 e. The average Bonchev–Trinajstić information content (AvgIpc) is 2.87. The SMILES string of the molecule is CSC(C)(C)CNC(=O)c1nnn(C2CCNCC2)c1C. The van der Waals surface area contributed by atoms with Crippen molar-refractivity contribution in [3.63, 3.8) is 0 Å². The molecule has 1 aliphatic heterocycles. The largest absolute Gasteiger partial charge is 0.349 e. The minimum Gasteiger partial charge on any atom is -0.349 e. The lowest BCUT2D eigenvalue weighted by Crippen LogP contribution is -2.36. The molecule has 1 fully saturated rings. The number of rotatable bonds is 5. The van der Waals surface area contributed by atoms with E-state index in [1.54, 1.807) is 11.8 Å². The zero-order valence-corrected chi connectivity index (χ0v) is 14.1. The van der Waals surface area contributed by atoms with Crippen molar-refractivity contribution in [2.45, 2.75) is 44.4 Å². The van der Waals surface area contributed by atoms with Crippen LogP contribution in [0.2, 0.25) is 0 Å². The predicted octanol–water partition coefficient (Wildman–Crippen LogP) is 1.38. The van der Waals surface area contributed by atoms with Gasteiger partial charge in [0.2, 0.25) is 0 Å². The van der Waals surface area contributed by atoms with Crippen molar-refractivity contribution in [1.29, 1.82) is 0 Å². The van der Waals surface area contributed by atoms with Crippen LogP contribution in [0.5, 0.6) is 0 Å².